The van der Waals surface area contributed by atoms with Gasteiger partial charge in [0, 0.05) is 23.6 Å². The fraction of sp³-hybridized carbons (Fsp3) is 0.500. The van der Waals surface area contributed by atoms with Crippen LogP contribution in [0.15, 0.2) is 24.3 Å². The smallest absolute Gasteiger partial charge is 0.237 e. The maximum Gasteiger partial charge on any atom is 0.237 e. The van der Waals surface area contributed by atoms with Gasteiger partial charge in [0.05, 0.1) is 6.04 Å². The van der Waals surface area contributed by atoms with Gasteiger partial charge in [0.2, 0.25) is 15.0 Å². The van der Waals surface area contributed by atoms with Crippen LogP contribution in [0.3, 0.4) is 0 Å². The molecule has 1 amide bonds. The van der Waals surface area contributed by atoms with Crippen molar-refractivity contribution in [1.29, 1.82) is 0 Å². The van der Waals surface area contributed by atoms with Crippen LogP contribution in [-0.4, -0.2) is 31.0 Å². The van der Waals surface area contributed by atoms with E-state index in [1.54, 1.807) is 4.90 Å². The summed E-state index contributed by atoms with van der Waals surface area (Å²) < 4.78 is 22.7. The van der Waals surface area contributed by atoms with Crippen molar-refractivity contribution in [3.8, 4) is 0 Å². The molecule has 0 saturated carbocycles. The van der Waals surface area contributed by atoms with Crippen molar-refractivity contribution in [2.45, 2.75) is 38.0 Å². The molecule has 0 aliphatic carbocycles. The maximum atomic E-state index is 12.0. The van der Waals surface area contributed by atoms with Gasteiger partial charge in [-0.2, -0.15) is 0 Å². The summed E-state index contributed by atoms with van der Waals surface area (Å²) >= 11 is 0. The van der Waals surface area contributed by atoms with Gasteiger partial charge in [-0.15, -0.1) is 0 Å². The van der Waals surface area contributed by atoms with Crippen molar-refractivity contribution in [1.82, 2.24) is 4.90 Å². The van der Waals surface area contributed by atoms with E-state index in [9.17, 15) is 13.2 Å². The summed E-state index contributed by atoms with van der Waals surface area (Å²) in [4.78, 5) is 13.6. The Morgan fingerprint density at radius 3 is 2.40 bits per heavy atom. The van der Waals surface area contributed by atoms with Crippen LogP contribution in [-0.2, 0) is 20.3 Å². The molecule has 2 atom stereocenters. The van der Waals surface area contributed by atoms with Crippen LogP contribution in [0.1, 0.15) is 37.4 Å². The number of aryl methyl sites for hydroxylation is 1. The number of carbonyl (C=O) groups excluding carboxylic acids is 1. The molecular weight excluding hydrogens is 298 g/mol. The zero-order chi connectivity index (χ0) is 14.9. The lowest BCUT2D eigenvalue weighted by atomic mass is 10.0. The number of hydrogen-bond acceptors (Lipinski definition) is 3. The molecule has 1 aliphatic rings. The van der Waals surface area contributed by atoms with E-state index in [2.05, 4.69) is 6.92 Å². The first-order chi connectivity index (χ1) is 9.32. The first-order valence-corrected chi connectivity index (χ1v) is 9.02. The summed E-state index contributed by atoms with van der Waals surface area (Å²) in [7, 11) is 1.67. The highest BCUT2D eigenvalue weighted by atomic mass is 35.7. The zero-order valence-corrected chi connectivity index (χ0v) is 13.1. The molecule has 0 N–H and O–H groups in total. The second kappa shape index (κ2) is 5.74. The molecule has 0 radical (unpaired) electrons. The van der Waals surface area contributed by atoms with Crippen molar-refractivity contribution in [3.63, 3.8) is 0 Å². The third-order valence-corrected chi connectivity index (χ3v) is 5.73. The number of rotatable bonds is 4. The minimum Gasteiger partial charge on any atom is -0.335 e. The normalized spacial score (nSPS) is 21.2. The molecule has 0 spiro atoms. The third kappa shape index (κ3) is 3.15. The number of amides is 1. The van der Waals surface area contributed by atoms with Gasteiger partial charge in [0.25, 0.3) is 0 Å². The van der Waals surface area contributed by atoms with E-state index >= 15 is 0 Å². The maximum absolute atomic E-state index is 12.0. The first-order valence-electron chi connectivity index (χ1n) is 6.64. The minimum atomic E-state index is -3.69. The van der Waals surface area contributed by atoms with Gasteiger partial charge in [-0.1, -0.05) is 31.2 Å². The van der Waals surface area contributed by atoms with Crippen LogP contribution in [0.5, 0.6) is 0 Å². The third-order valence-electron chi connectivity index (χ3n) is 3.86. The van der Waals surface area contributed by atoms with Gasteiger partial charge in [-0.25, -0.2) is 8.42 Å². The van der Waals surface area contributed by atoms with Crippen molar-refractivity contribution < 1.29 is 13.2 Å². The van der Waals surface area contributed by atoms with Crippen molar-refractivity contribution in [3.05, 3.63) is 35.4 Å². The number of benzene rings is 1. The molecule has 1 aromatic rings. The Bertz CT molecular complexity index is 597. The van der Waals surface area contributed by atoms with E-state index < -0.39 is 14.3 Å². The van der Waals surface area contributed by atoms with Crippen LogP contribution < -0.4 is 0 Å². The lowest BCUT2D eigenvalue weighted by Gasteiger charge is -2.25. The van der Waals surface area contributed by atoms with Crippen molar-refractivity contribution >= 4 is 25.6 Å². The number of halogens is 1. The Morgan fingerprint density at radius 1 is 1.35 bits per heavy atom. The molecule has 1 aromatic carbocycles. The second-order valence-corrected chi connectivity index (χ2v) is 8.03. The summed E-state index contributed by atoms with van der Waals surface area (Å²) in [6.07, 6.45) is 0.938. The number of hydrogen-bond donors (Lipinski definition) is 0. The van der Waals surface area contributed by atoms with Crippen LogP contribution in [0.4, 0.5) is 0 Å². The lowest BCUT2D eigenvalue weighted by molar-refractivity contribution is -0.129. The molecule has 2 rings (SSSR count). The summed E-state index contributed by atoms with van der Waals surface area (Å²) in [5, 5.41) is -0.797. The Hall–Kier alpha value is -1.07. The van der Waals surface area contributed by atoms with Gasteiger partial charge >= 0.3 is 0 Å². The summed E-state index contributed by atoms with van der Waals surface area (Å²) in [5.41, 5.74) is 2.23. The average Bonchev–Trinajstić information content (AvgIpc) is 2.80. The predicted molar refractivity (Wildman–Crippen MR) is 79.1 cm³/mol. The standard InChI is InChI=1S/C14H18ClNO3S/c1-3-11-4-6-12(7-5-11)10(2)16-9-13(8-14(16)17)20(15,18)19/h4-7,10,13H,3,8-9H2,1-2H3. The summed E-state index contributed by atoms with van der Waals surface area (Å²) in [6, 6.07) is 7.89. The first kappa shape index (κ1) is 15.3. The van der Waals surface area contributed by atoms with Gasteiger partial charge in [-0.05, 0) is 24.5 Å². The topological polar surface area (TPSA) is 54.5 Å². The van der Waals surface area contributed by atoms with E-state index in [1.807, 2.05) is 31.2 Å². The minimum absolute atomic E-state index is 0.0246. The molecule has 6 heteroatoms. The SMILES string of the molecule is CCc1ccc(C(C)N2CC(S(=O)(=O)Cl)CC2=O)cc1. The van der Waals surface area contributed by atoms with Gasteiger partial charge in [0.1, 0.15) is 5.25 Å². The Labute approximate surface area is 124 Å². The van der Waals surface area contributed by atoms with E-state index in [1.165, 1.54) is 5.56 Å². The fourth-order valence-electron chi connectivity index (χ4n) is 2.47. The van der Waals surface area contributed by atoms with Crippen LogP contribution in [0.2, 0.25) is 0 Å². The average molecular weight is 316 g/mol. The highest BCUT2D eigenvalue weighted by Crippen LogP contribution is 2.29. The number of likely N-dealkylation sites (tertiary alicyclic amines) is 1. The summed E-state index contributed by atoms with van der Waals surface area (Å²) in [5.74, 6) is -0.161. The van der Waals surface area contributed by atoms with E-state index in [4.69, 9.17) is 10.7 Å². The van der Waals surface area contributed by atoms with E-state index in [0.717, 1.165) is 12.0 Å². The molecular formula is C14H18ClNO3S. The molecule has 1 fully saturated rings. The largest absolute Gasteiger partial charge is 0.335 e. The Balaban J connectivity index is 2.16. The van der Waals surface area contributed by atoms with E-state index in [-0.39, 0.29) is 24.9 Å². The van der Waals surface area contributed by atoms with Gasteiger partial charge in [-0.3, -0.25) is 4.79 Å². The molecule has 1 aliphatic heterocycles. The predicted octanol–water partition coefficient (Wildman–Crippen LogP) is 2.48. The number of nitrogens with zero attached hydrogens (tertiary/aromatic N) is 1. The van der Waals surface area contributed by atoms with Crippen molar-refractivity contribution in [2.75, 3.05) is 6.54 Å². The second-order valence-electron chi connectivity index (χ2n) is 5.12. The molecule has 0 bridgehead atoms. The Kier molecular flexibility index (Phi) is 4.39. The molecule has 1 heterocycles. The molecule has 110 valence electrons. The molecule has 20 heavy (non-hydrogen) atoms. The van der Waals surface area contributed by atoms with Crippen LogP contribution in [0.25, 0.3) is 0 Å². The van der Waals surface area contributed by atoms with E-state index in [0.29, 0.717) is 0 Å². The number of carbonyl (C=O) groups is 1. The van der Waals surface area contributed by atoms with Crippen LogP contribution >= 0.6 is 10.7 Å². The van der Waals surface area contributed by atoms with Gasteiger partial charge in [0.15, 0.2) is 0 Å². The highest BCUT2D eigenvalue weighted by molar-refractivity contribution is 8.14. The quantitative estimate of drug-likeness (QED) is 0.802. The molecule has 0 aromatic heterocycles. The molecule has 4 nitrogen and oxygen atoms in total. The lowest BCUT2D eigenvalue weighted by Crippen LogP contribution is -2.30. The summed E-state index contributed by atoms with van der Waals surface area (Å²) in [6.45, 7) is 4.15. The molecule has 1 saturated heterocycles. The van der Waals surface area contributed by atoms with Gasteiger partial charge < -0.3 is 4.90 Å². The monoisotopic (exact) mass is 315 g/mol. The van der Waals surface area contributed by atoms with Crippen LogP contribution in [0, 0.1) is 0 Å². The highest BCUT2D eigenvalue weighted by Gasteiger charge is 2.39. The fourth-order valence-corrected chi connectivity index (χ4v) is 3.51. The Morgan fingerprint density at radius 2 is 1.95 bits per heavy atom. The zero-order valence-electron chi connectivity index (χ0n) is 11.5. The molecule has 2 unspecified atom stereocenters. The van der Waals surface area contributed by atoms with Crippen molar-refractivity contribution in [2.24, 2.45) is 0 Å².